The minimum atomic E-state index is -0.0518. The molecule has 0 fully saturated rings. The highest BCUT2D eigenvalue weighted by atomic mass is 16.5. The minimum absolute atomic E-state index is 0.00236. The van der Waals surface area contributed by atoms with Crippen molar-refractivity contribution in [3.63, 3.8) is 0 Å². The first-order chi connectivity index (χ1) is 9.58. The van der Waals surface area contributed by atoms with Crippen LogP contribution >= 0.6 is 0 Å². The summed E-state index contributed by atoms with van der Waals surface area (Å²) >= 11 is 0. The third-order valence-electron chi connectivity index (χ3n) is 2.50. The van der Waals surface area contributed by atoms with Crippen LogP contribution in [0.4, 0.5) is 11.9 Å². The maximum atomic E-state index is 5.50. The van der Waals surface area contributed by atoms with E-state index in [-0.39, 0.29) is 18.2 Å². The predicted octanol–water partition coefficient (Wildman–Crippen LogP) is 2.47. The van der Waals surface area contributed by atoms with Crippen molar-refractivity contribution >= 4 is 11.9 Å². The molecule has 0 aliphatic heterocycles. The third-order valence-corrected chi connectivity index (χ3v) is 2.50. The standard InChI is InChI=1S/C13H19N5O2/c1-8(2)20-13-17-11(14-4)16-12(18-13)15-9(3)10-6-5-7-19-10/h5-9H,1-4H3,(H2,14,15,16,17,18). The van der Waals surface area contributed by atoms with Gasteiger partial charge in [0, 0.05) is 7.05 Å². The monoisotopic (exact) mass is 277 g/mol. The zero-order chi connectivity index (χ0) is 14.5. The largest absolute Gasteiger partial charge is 0.467 e. The van der Waals surface area contributed by atoms with Crippen molar-refractivity contribution in [2.45, 2.75) is 32.9 Å². The molecule has 0 saturated carbocycles. The van der Waals surface area contributed by atoms with Crippen molar-refractivity contribution in [3.05, 3.63) is 24.2 Å². The molecule has 2 aromatic heterocycles. The van der Waals surface area contributed by atoms with Crippen molar-refractivity contribution in [3.8, 4) is 6.01 Å². The van der Waals surface area contributed by atoms with E-state index >= 15 is 0 Å². The van der Waals surface area contributed by atoms with Gasteiger partial charge in [-0.3, -0.25) is 0 Å². The molecule has 7 heteroatoms. The Morgan fingerprint density at radius 2 is 1.90 bits per heavy atom. The van der Waals surface area contributed by atoms with Gasteiger partial charge in [-0.15, -0.1) is 0 Å². The van der Waals surface area contributed by atoms with E-state index < -0.39 is 0 Å². The highest BCUT2D eigenvalue weighted by molar-refractivity contribution is 5.36. The number of nitrogens with zero attached hydrogens (tertiary/aromatic N) is 3. The van der Waals surface area contributed by atoms with E-state index in [9.17, 15) is 0 Å². The summed E-state index contributed by atoms with van der Waals surface area (Å²) in [4.78, 5) is 12.6. The molecular formula is C13H19N5O2. The lowest BCUT2D eigenvalue weighted by Gasteiger charge is -2.14. The fourth-order valence-corrected chi connectivity index (χ4v) is 1.60. The predicted molar refractivity (Wildman–Crippen MR) is 75.9 cm³/mol. The average Bonchev–Trinajstić information content (AvgIpc) is 2.91. The molecule has 0 spiro atoms. The fourth-order valence-electron chi connectivity index (χ4n) is 1.60. The summed E-state index contributed by atoms with van der Waals surface area (Å²) in [5, 5.41) is 6.04. The summed E-state index contributed by atoms with van der Waals surface area (Å²) in [5.74, 6) is 1.69. The van der Waals surface area contributed by atoms with Gasteiger partial charge in [0.2, 0.25) is 11.9 Å². The Kier molecular flexibility index (Phi) is 4.39. The highest BCUT2D eigenvalue weighted by Crippen LogP contribution is 2.19. The smallest absolute Gasteiger partial charge is 0.323 e. The summed E-state index contributed by atoms with van der Waals surface area (Å²) in [7, 11) is 1.74. The van der Waals surface area contributed by atoms with E-state index in [2.05, 4.69) is 25.6 Å². The minimum Gasteiger partial charge on any atom is -0.467 e. The Hall–Kier alpha value is -2.31. The van der Waals surface area contributed by atoms with Gasteiger partial charge in [-0.05, 0) is 32.9 Å². The Morgan fingerprint density at radius 3 is 2.50 bits per heavy atom. The molecule has 0 saturated heterocycles. The highest BCUT2D eigenvalue weighted by Gasteiger charge is 2.13. The van der Waals surface area contributed by atoms with Crippen LogP contribution in [0.25, 0.3) is 0 Å². The van der Waals surface area contributed by atoms with E-state index in [0.29, 0.717) is 11.9 Å². The zero-order valence-corrected chi connectivity index (χ0v) is 12.0. The molecule has 0 radical (unpaired) electrons. The van der Waals surface area contributed by atoms with Crippen molar-refractivity contribution in [2.75, 3.05) is 17.7 Å². The molecule has 1 unspecified atom stereocenters. The van der Waals surface area contributed by atoms with Crippen LogP contribution in [0.1, 0.15) is 32.6 Å². The Balaban J connectivity index is 2.17. The van der Waals surface area contributed by atoms with E-state index in [1.54, 1.807) is 13.3 Å². The van der Waals surface area contributed by atoms with Crippen LogP contribution in [0, 0.1) is 0 Å². The van der Waals surface area contributed by atoms with Crippen molar-refractivity contribution in [1.29, 1.82) is 0 Å². The number of aromatic nitrogens is 3. The Morgan fingerprint density at radius 1 is 1.15 bits per heavy atom. The van der Waals surface area contributed by atoms with Crippen molar-refractivity contribution < 1.29 is 9.15 Å². The van der Waals surface area contributed by atoms with Crippen LogP contribution in [0.3, 0.4) is 0 Å². The second-order valence-electron chi connectivity index (χ2n) is 4.56. The summed E-state index contributed by atoms with van der Waals surface area (Å²) in [6.07, 6.45) is 1.63. The Bertz CT molecular complexity index is 542. The lowest BCUT2D eigenvalue weighted by molar-refractivity contribution is 0.222. The molecule has 0 aromatic carbocycles. The summed E-state index contributed by atoms with van der Waals surface area (Å²) in [5.41, 5.74) is 0. The van der Waals surface area contributed by atoms with Gasteiger partial charge in [-0.2, -0.15) is 15.0 Å². The van der Waals surface area contributed by atoms with Crippen LogP contribution in [0.2, 0.25) is 0 Å². The lowest BCUT2D eigenvalue weighted by Crippen LogP contribution is -2.14. The quantitative estimate of drug-likeness (QED) is 0.838. The molecule has 0 aliphatic rings. The molecule has 0 amide bonds. The molecule has 0 bridgehead atoms. The number of ether oxygens (including phenoxy) is 1. The number of hydrogen-bond donors (Lipinski definition) is 2. The number of nitrogens with one attached hydrogen (secondary N) is 2. The molecular weight excluding hydrogens is 258 g/mol. The SMILES string of the molecule is CNc1nc(NC(C)c2ccco2)nc(OC(C)C)n1. The van der Waals surface area contributed by atoms with Crippen LogP contribution in [0.5, 0.6) is 6.01 Å². The number of anilines is 2. The second kappa shape index (κ2) is 6.23. The van der Waals surface area contributed by atoms with E-state index in [0.717, 1.165) is 5.76 Å². The second-order valence-corrected chi connectivity index (χ2v) is 4.56. The maximum Gasteiger partial charge on any atom is 0.323 e. The zero-order valence-electron chi connectivity index (χ0n) is 12.0. The van der Waals surface area contributed by atoms with E-state index in [1.807, 2.05) is 32.9 Å². The average molecular weight is 277 g/mol. The number of furan rings is 1. The number of hydrogen-bond acceptors (Lipinski definition) is 7. The van der Waals surface area contributed by atoms with Gasteiger partial charge in [0.25, 0.3) is 0 Å². The molecule has 20 heavy (non-hydrogen) atoms. The van der Waals surface area contributed by atoms with Gasteiger partial charge >= 0.3 is 6.01 Å². The van der Waals surface area contributed by atoms with Gasteiger partial charge in [0.15, 0.2) is 0 Å². The molecule has 2 N–H and O–H groups in total. The van der Waals surface area contributed by atoms with E-state index in [4.69, 9.17) is 9.15 Å². The molecule has 0 aliphatic carbocycles. The van der Waals surface area contributed by atoms with Crippen LogP contribution in [-0.2, 0) is 0 Å². The normalized spacial score (nSPS) is 12.2. The topological polar surface area (TPSA) is 85.1 Å². The van der Waals surface area contributed by atoms with Crippen LogP contribution in [0.15, 0.2) is 22.8 Å². The lowest BCUT2D eigenvalue weighted by atomic mass is 10.2. The third kappa shape index (κ3) is 3.59. The molecule has 2 rings (SSSR count). The van der Waals surface area contributed by atoms with Gasteiger partial charge in [-0.25, -0.2) is 0 Å². The molecule has 2 heterocycles. The Labute approximate surface area is 117 Å². The van der Waals surface area contributed by atoms with Crippen molar-refractivity contribution in [1.82, 2.24) is 15.0 Å². The summed E-state index contributed by atoms with van der Waals surface area (Å²) in [6, 6.07) is 3.97. The first-order valence-electron chi connectivity index (χ1n) is 6.49. The first kappa shape index (κ1) is 14.1. The summed E-state index contributed by atoms with van der Waals surface area (Å²) < 4.78 is 10.8. The van der Waals surface area contributed by atoms with E-state index in [1.165, 1.54) is 0 Å². The molecule has 1 atom stereocenters. The van der Waals surface area contributed by atoms with Crippen LogP contribution < -0.4 is 15.4 Å². The van der Waals surface area contributed by atoms with Crippen LogP contribution in [-0.4, -0.2) is 28.1 Å². The van der Waals surface area contributed by atoms with Gasteiger partial charge in [0.1, 0.15) is 5.76 Å². The number of rotatable bonds is 6. The van der Waals surface area contributed by atoms with Crippen molar-refractivity contribution in [2.24, 2.45) is 0 Å². The maximum absolute atomic E-state index is 5.50. The van der Waals surface area contributed by atoms with Gasteiger partial charge in [-0.1, -0.05) is 0 Å². The molecule has 108 valence electrons. The molecule has 2 aromatic rings. The summed E-state index contributed by atoms with van der Waals surface area (Å²) in [6.45, 7) is 5.80. The molecule has 7 nitrogen and oxygen atoms in total. The fraction of sp³-hybridized carbons (Fsp3) is 0.462. The van der Waals surface area contributed by atoms with Gasteiger partial charge < -0.3 is 19.8 Å². The first-order valence-corrected chi connectivity index (χ1v) is 6.49. The van der Waals surface area contributed by atoms with Gasteiger partial charge in [0.05, 0.1) is 18.4 Å².